The Bertz CT molecular complexity index is 445. The van der Waals surface area contributed by atoms with Crippen LogP contribution in [0, 0.1) is 5.41 Å². The van der Waals surface area contributed by atoms with Gasteiger partial charge in [-0.1, -0.05) is 32.8 Å². The van der Waals surface area contributed by atoms with Crippen LogP contribution >= 0.6 is 0 Å². The molecule has 0 spiro atoms. The fourth-order valence-electron chi connectivity index (χ4n) is 3.47. The van der Waals surface area contributed by atoms with E-state index in [0.717, 1.165) is 12.3 Å². The summed E-state index contributed by atoms with van der Waals surface area (Å²) in [6, 6.07) is 6.29. The molecular weight excluding hydrogens is 260 g/mol. The second-order valence-corrected chi connectivity index (χ2v) is 6.33. The predicted octanol–water partition coefficient (Wildman–Crippen LogP) is 3.56. The summed E-state index contributed by atoms with van der Waals surface area (Å²) in [4.78, 5) is 2.56. The first-order valence-corrected chi connectivity index (χ1v) is 8.24. The van der Waals surface area contributed by atoms with Crippen molar-refractivity contribution in [3.63, 3.8) is 0 Å². The summed E-state index contributed by atoms with van der Waals surface area (Å²) in [6.45, 7) is 8.63. The highest BCUT2D eigenvalue weighted by atomic mass is 16.5. The van der Waals surface area contributed by atoms with Crippen LogP contribution in [-0.2, 0) is 13.1 Å². The van der Waals surface area contributed by atoms with Crippen molar-refractivity contribution in [2.75, 3.05) is 20.2 Å². The Labute approximate surface area is 129 Å². The molecule has 3 heteroatoms. The predicted molar refractivity (Wildman–Crippen MR) is 88.4 cm³/mol. The third kappa shape index (κ3) is 3.78. The van der Waals surface area contributed by atoms with Crippen LogP contribution < -0.4 is 10.5 Å². The molecule has 0 radical (unpaired) electrons. The number of piperidine rings is 1. The maximum absolute atomic E-state index is 5.76. The third-order valence-corrected chi connectivity index (χ3v) is 5.39. The molecule has 0 unspecified atom stereocenters. The molecule has 0 amide bonds. The van der Waals surface area contributed by atoms with Gasteiger partial charge in [0.05, 0.1) is 7.11 Å². The molecule has 1 saturated heterocycles. The van der Waals surface area contributed by atoms with Crippen molar-refractivity contribution in [1.82, 2.24) is 4.90 Å². The highest BCUT2D eigenvalue weighted by molar-refractivity contribution is 5.37. The second kappa shape index (κ2) is 7.28. The molecule has 21 heavy (non-hydrogen) atoms. The maximum atomic E-state index is 5.76. The summed E-state index contributed by atoms with van der Waals surface area (Å²) in [5.41, 5.74) is 8.79. The highest BCUT2D eigenvalue weighted by Crippen LogP contribution is 2.38. The van der Waals surface area contributed by atoms with Crippen LogP contribution in [0.4, 0.5) is 0 Å². The van der Waals surface area contributed by atoms with Gasteiger partial charge in [-0.15, -0.1) is 0 Å². The molecule has 0 bridgehead atoms. The van der Waals surface area contributed by atoms with Crippen molar-refractivity contribution < 1.29 is 4.74 Å². The monoisotopic (exact) mass is 290 g/mol. The molecule has 1 fully saturated rings. The Hall–Kier alpha value is -1.06. The number of benzene rings is 1. The minimum atomic E-state index is 0.583. The molecule has 0 aliphatic carbocycles. The van der Waals surface area contributed by atoms with Gasteiger partial charge in [-0.05, 0) is 49.0 Å². The summed E-state index contributed by atoms with van der Waals surface area (Å²) < 4.78 is 5.50. The van der Waals surface area contributed by atoms with Crippen molar-refractivity contribution in [3.8, 4) is 5.75 Å². The zero-order valence-electron chi connectivity index (χ0n) is 13.8. The number of methoxy groups -OCH3 is 1. The lowest BCUT2D eigenvalue weighted by Crippen LogP contribution is -2.39. The van der Waals surface area contributed by atoms with E-state index in [9.17, 15) is 0 Å². The van der Waals surface area contributed by atoms with Gasteiger partial charge in [0, 0.05) is 18.7 Å². The first kappa shape index (κ1) is 16.3. The Morgan fingerprint density at radius 1 is 1.19 bits per heavy atom. The van der Waals surface area contributed by atoms with Crippen LogP contribution in [0.5, 0.6) is 5.75 Å². The molecule has 2 rings (SSSR count). The van der Waals surface area contributed by atoms with E-state index in [4.69, 9.17) is 10.5 Å². The third-order valence-electron chi connectivity index (χ3n) is 5.39. The number of rotatable bonds is 6. The average Bonchev–Trinajstić information content (AvgIpc) is 2.55. The van der Waals surface area contributed by atoms with E-state index in [1.807, 2.05) is 6.07 Å². The number of hydrogen-bond acceptors (Lipinski definition) is 3. The Kier molecular flexibility index (Phi) is 5.65. The van der Waals surface area contributed by atoms with Crippen molar-refractivity contribution in [3.05, 3.63) is 29.3 Å². The molecule has 1 aromatic carbocycles. The lowest BCUT2D eigenvalue weighted by molar-refractivity contribution is 0.0903. The topological polar surface area (TPSA) is 38.5 Å². The fraction of sp³-hybridized carbons (Fsp3) is 0.667. The molecule has 0 aromatic heterocycles. The molecule has 3 nitrogen and oxygen atoms in total. The Balaban J connectivity index is 2.03. The molecule has 1 heterocycles. The average molecular weight is 290 g/mol. The fourth-order valence-corrected chi connectivity index (χ4v) is 3.47. The van der Waals surface area contributed by atoms with Crippen molar-refractivity contribution in [1.29, 1.82) is 0 Å². The summed E-state index contributed by atoms with van der Waals surface area (Å²) in [5, 5.41) is 0. The number of likely N-dealkylation sites (tertiary alicyclic amines) is 1. The van der Waals surface area contributed by atoms with Gasteiger partial charge < -0.3 is 10.5 Å². The van der Waals surface area contributed by atoms with Gasteiger partial charge in [-0.25, -0.2) is 0 Å². The van der Waals surface area contributed by atoms with Gasteiger partial charge in [-0.3, -0.25) is 4.90 Å². The minimum absolute atomic E-state index is 0.583. The van der Waals surface area contributed by atoms with Gasteiger partial charge in [0.2, 0.25) is 0 Å². The first-order valence-electron chi connectivity index (χ1n) is 8.24. The van der Waals surface area contributed by atoms with E-state index >= 15 is 0 Å². The summed E-state index contributed by atoms with van der Waals surface area (Å²) in [7, 11) is 1.75. The molecule has 118 valence electrons. The van der Waals surface area contributed by atoms with E-state index in [1.54, 1.807) is 7.11 Å². The SMILES string of the molecule is CCC1(CC)CCN(Cc2cc(CN)ccc2OC)CC1. The second-order valence-electron chi connectivity index (χ2n) is 6.33. The lowest BCUT2D eigenvalue weighted by Gasteiger charge is -2.41. The van der Waals surface area contributed by atoms with Gasteiger partial charge in [-0.2, -0.15) is 0 Å². The minimum Gasteiger partial charge on any atom is -0.496 e. The highest BCUT2D eigenvalue weighted by Gasteiger charge is 2.31. The summed E-state index contributed by atoms with van der Waals surface area (Å²) >= 11 is 0. The Morgan fingerprint density at radius 3 is 2.38 bits per heavy atom. The van der Waals surface area contributed by atoms with Crippen molar-refractivity contribution >= 4 is 0 Å². The number of nitrogens with zero attached hydrogens (tertiary/aromatic N) is 1. The Morgan fingerprint density at radius 2 is 1.86 bits per heavy atom. The summed E-state index contributed by atoms with van der Waals surface area (Å²) in [6.07, 6.45) is 5.25. The molecule has 0 atom stereocenters. The van der Waals surface area contributed by atoms with Crippen LogP contribution in [-0.4, -0.2) is 25.1 Å². The van der Waals surface area contributed by atoms with Gasteiger partial charge in [0.1, 0.15) is 5.75 Å². The molecular formula is C18H30N2O. The smallest absolute Gasteiger partial charge is 0.123 e. The van der Waals surface area contributed by atoms with Gasteiger partial charge >= 0.3 is 0 Å². The molecule has 2 N–H and O–H groups in total. The van der Waals surface area contributed by atoms with E-state index in [0.29, 0.717) is 12.0 Å². The zero-order chi connectivity index (χ0) is 15.3. The first-order chi connectivity index (χ1) is 10.2. The number of nitrogens with two attached hydrogens (primary N) is 1. The van der Waals surface area contributed by atoms with E-state index in [2.05, 4.69) is 30.9 Å². The zero-order valence-corrected chi connectivity index (χ0v) is 13.8. The van der Waals surface area contributed by atoms with Crippen LogP contribution in [0.1, 0.15) is 50.7 Å². The van der Waals surface area contributed by atoms with Crippen LogP contribution in [0.3, 0.4) is 0 Å². The number of ether oxygens (including phenoxy) is 1. The standard InChI is InChI=1S/C18H30N2O/c1-4-18(5-2)8-10-20(11-9-18)14-16-12-15(13-19)6-7-17(16)21-3/h6-7,12H,4-5,8-11,13-14,19H2,1-3H3. The molecule has 1 aliphatic heterocycles. The van der Waals surface area contributed by atoms with Crippen LogP contribution in [0.2, 0.25) is 0 Å². The quantitative estimate of drug-likeness (QED) is 0.870. The maximum Gasteiger partial charge on any atom is 0.123 e. The van der Waals surface area contributed by atoms with Crippen molar-refractivity contribution in [2.45, 2.75) is 52.6 Å². The van der Waals surface area contributed by atoms with E-state index in [1.165, 1.54) is 49.9 Å². The lowest BCUT2D eigenvalue weighted by atomic mass is 9.74. The van der Waals surface area contributed by atoms with E-state index < -0.39 is 0 Å². The van der Waals surface area contributed by atoms with Crippen LogP contribution in [0.15, 0.2) is 18.2 Å². The van der Waals surface area contributed by atoms with Gasteiger partial charge in [0.25, 0.3) is 0 Å². The van der Waals surface area contributed by atoms with Crippen molar-refractivity contribution in [2.24, 2.45) is 11.1 Å². The normalized spacial score (nSPS) is 18.7. The van der Waals surface area contributed by atoms with Crippen LogP contribution in [0.25, 0.3) is 0 Å². The molecule has 1 aliphatic rings. The number of hydrogen-bond donors (Lipinski definition) is 1. The van der Waals surface area contributed by atoms with E-state index in [-0.39, 0.29) is 0 Å². The molecule has 1 aromatic rings. The largest absolute Gasteiger partial charge is 0.496 e. The van der Waals surface area contributed by atoms with Gasteiger partial charge in [0.15, 0.2) is 0 Å². The summed E-state index contributed by atoms with van der Waals surface area (Å²) in [5.74, 6) is 0.981. The molecule has 0 saturated carbocycles.